The molecular weight excluding hydrogens is 445 g/mol. The van der Waals surface area contributed by atoms with Crippen molar-refractivity contribution in [2.24, 2.45) is 0 Å². The van der Waals surface area contributed by atoms with Crippen molar-refractivity contribution in [2.75, 3.05) is 13.2 Å². The highest BCUT2D eigenvalue weighted by Crippen LogP contribution is 2.41. The Bertz CT molecular complexity index is 1350. The molecule has 35 heavy (non-hydrogen) atoms. The van der Waals surface area contributed by atoms with Crippen LogP contribution in [0.15, 0.2) is 84.9 Å². The van der Waals surface area contributed by atoms with Crippen molar-refractivity contribution in [3.05, 3.63) is 107 Å². The maximum absolute atomic E-state index is 14.4. The van der Waals surface area contributed by atoms with Gasteiger partial charge in [0.25, 0.3) is 0 Å². The van der Waals surface area contributed by atoms with Crippen molar-refractivity contribution >= 4 is 16.7 Å². The molecule has 0 aliphatic carbocycles. The third-order valence-corrected chi connectivity index (χ3v) is 6.31. The lowest BCUT2D eigenvalue weighted by Crippen LogP contribution is -2.35. The van der Waals surface area contributed by atoms with Gasteiger partial charge in [0.2, 0.25) is 0 Å². The van der Waals surface area contributed by atoms with Crippen LogP contribution in [0, 0.1) is 5.82 Å². The first-order chi connectivity index (χ1) is 17.1. The predicted octanol–water partition coefficient (Wildman–Crippen LogP) is 5.52. The highest BCUT2D eigenvalue weighted by Gasteiger charge is 2.29. The van der Waals surface area contributed by atoms with Gasteiger partial charge in [-0.3, -0.25) is 0 Å². The first kappa shape index (κ1) is 22.9. The average molecular weight is 472 g/mol. The van der Waals surface area contributed by atoms with Crippen LogP contribution in [0.1, 0.15) is 29.0 Å². The Morgan fingerprint density at radius 2 is 1.83 bits per heavy atom. The summed E-state index contributed by atoms with van der Waals surface area (Å²) >= 11 is 0. The minimum Gasteiger partial charge on any atom is -0.489 e. The number of aliphatic carboxylic acids is 1. The Hall–Kier alpha value is -3.90. The molecule has 4 aromatic rings. The summed E-state index contributed by atoms with van der Waals surface area (Å²) in [6.07, 6.45) is 0.540. The molecule has 0 saturated carbocycles. The van der Waals surface area contributed by atoms with E-state index in [4.69, 9.17) is 14.6 Å². The van der Waals surface area contributed by atoms with E-state index in [1.165, 1.54) is 28.5 Å². The quantitative estimate of drug-likeness (QED) is 0.354. The van der Waals surface area contributed by atoms with Crippen molar-refractivity contribution < 1.29 is 23.8 Å². The Morgan fingerprint density at radius 1 is 1.03 bits per heavy atom. The van der Waals surface area contributed by atoms with Crippen LogP contribution in [0.25, 0.3) is 10.8 Å². The molecule has 0 aromatic heterocycles. The van der Waals surface area contributed by atoms with E-state index in [0.717, 1.165) is 16.9 Å². The number of nitrogens with one attached hydrogen (secondary N) is 1. The van der Waals surface area contributed by atoms with Crippen LogP contribution < -0.4 is 14.8 Å². The van der Waals surface area contributed by atoms with Crippen LogP contribution in [0.4, 0.5) is 4.39 Å². The molecular formula is C29H26FNO4. The molecule has 2 atom stereocenters. The number of hydrogen-bond donors (Lipinski definition) is 2. The Morgan fingerprint density at radius 3 is 2.71 bits per heavy atom. The molecule has 2 N–H and O–H groups in total. The maximum Gasteiger partial charge on any atom is 0.341 e. The first-order valence-electron chi connectivity index (χ1n) is 11.6. The third kappa shape index (κ3) is 5.28. The number of ether oxygens (including phenoxy) is 2. The van der Waals surface area contributed by atoms with E-state index >= 15 is 0 Å². The fourth-order valence-electron chi connectivity index (χ4n) is 4.76. The number of hydrogen-bond acceptors (Lipinski definition) is 4. The van der Waals surface area contributed by atoms with Gasteiger partial charge in [-0.25, -0.2) is 9.18 Å². The summed E-state index contributed by atoms with van der Waals surface area (Å²) in [6.45, 7) is 0.820. The number of fused-ring (bicyclic) bond motifs is 2. The summed E-state index contributed by atoms with van der Waals surface area (Å²) < 4.78 is 26.0. The lowest BCUT2D eigenvalue weighted by molar-refractivity contribution is -0.139. The summed E-state index contributed by atoms with van der Waals surface area (Å²) in [6, 6.07) is 26.8. The number of para-hydroxylation sites is 1. The van der Waals surface area contributed by atoms with E-state index in [-0.39, 0.29) is 17.8 Å². The summed E-state index contributed by atoms with van der Waals surface area (Å²) in [5.41, 5.74) is 2.94. The second-order valence-corrected chi connectivity index (χ2v) is 8.74. The number of carboxylic acids is 1. The molecule has 0 bridgehead atoms. The average Bonchev–Trinajstić information content (AvgIpc) is 2.87. The lowest BCUT2D eigenvalue weighted by Gasteiger charge is -2.33. The largest absolute Gasteiger partial charge is 0.489 e. The molecule has 4 aromatic carbocycles. The number of benzene rings is 4. The van der Waals surface area contributed by atoms with Gasteiger partial charge in [0.1, 0.15) is 23.4 Å². The lowest BCUT2D eigenvalue weighted by atomic mass is 9.84. The zero-order chi connectivity index (χ0) is 24.2. The smallest absolute Gasteiger partial charge is 0.341 e. The molecule has 0 fully saturated rings. The van der Waals surface area contributed by atoms with E-state index in [0.29, 0.717) is 19.5 Å². The maximum atomic E-state index is 14.4. The van der Waals surface area contributed by atoms with E-state index in [1.54, 1.807) is 6.07 Å². The number of rotatable bonds is 8. The zero-order valence-electron chi connectivity index (χ0n) is 19.1. The van der Waals surface area contributed by atoms with Crippen LogP contribution in [0.3, 0.4) is 0 Å². The monoisotopic (exact) mass is 471 g/mol. The van der Waals surface area contributed by atoms with Crippen LogP contribution >= 0.6 is 0 Å². The van der Waals surface area contributed by atoms with E-state index in [2.05, 4.69) is 35.6 Å². The van der Waals surface area contributed by atoms with Crippen LogP contribution in [-0.2, 0) is 11.3 Å². The topological polar surface area (TPSA) is 67.8 Å². The van der Waals surface area contributed by atoms with E-state index < -0.39 is 18.4 Å². The van der Waals surface area contributed by atoms with Crippen LogP contribution in [-0.4, -0.2) is 30.3 Å². The summed E-state index contributed by atoms with van der Waals surface area (Å²) in [5.74, 6) is -0.691. The molecule has 0 spiro atoms. The minimum absolute atomic E-state index is 0.104. The molecule has 1 unspecified atom stereocenters. The van der Waals surface area contributed by atoms with Gasteiger partial charge in [-0.15, -0.1) is 0 Å². The number of carbonyl (C=O) groups is 1. The van der Waals surface area contributed by atoms with Crippen molar-refractivity contribution in [3.8, 4) is 11.5 Å². The van der Waals surface area contributed by atoms with Gasteiger partial charge in [-0.2, -0.15) is 0 Å². The van der Waals surface area contributed by atoms with Gasteiger partial charge in [0, 0.05) is 30.6 Å². The molecule has 178 valence electrons. The fourth-order valence-corrected chi connectivity index (χ4v) is 4.76. The molecule has 6 heteroatoms. The Balaban J connectivity index is 1.34. The number of carboxylic acid groups (broad SMARTS) is 1. The van der Waals surface area contributed by atoms with Gasteiger partial charge in [-0.05, 0) is 46.5 Å². The molecule has 0 saturated heterocycles. The van der Waals surface area contributed by atoms with Gasteiger partial charge in [0.05, 0.1) is 0 Å². The predicted molar refractivity (Wildman–Crippen MR) is 133 cm³/mol. The minimum atomic E-state index is -1.11. The normalized spacial score (nSPS) is 16.9. The highest BCUT2D eigenvalue weighted by molar-refractivity contribution is 5.85. The van der Waals surface area contributed by atoms with Gasteiger partial charge < -0.3 is 19.9 Å². The Labute approximate surface area is 203 Å². The molecule has 1 aliphatic heterocycles. The molecule has 5 nitrogen and oxygen atoms in total. The third-order valence-electron chi connectivity index (χ3n) is 6.31. The van der Waals surface area contributed by atoms with Crippen molar-refractivity contribution in [1.29, 1.82) is 0 Å². The van der Waals surface area contributed by atoms with E-state index in [1.807, 2.05) is 36.4 Å². The van der Waals surface area contributed by atoms with Gasteiger partial charge >= 0.3 is 5.97 Å². The van der Waals surface area contributed by atoms with Gasteiger partial charge in [0.15, 0.2) is 6.61 Å². The highest BCUT2D eigenvalue weighted by atomic mass is 19.1. The molecule has 0 radical (unpaired) electrons. The second kappa shape index (κ2) is 10.2. The molecule has 1 heterocycles. The second-order valence-electron chi connectivity index (χ2n) is 8.74. The number of halogens is 1. The zero-order valence-corrected chi connectivity index (χ0v) is 19.1. The molecule has 1 aliphatic rings. The summed E-state index contributed by atoms with van der Waals surface area (Å²) in [4.78, 5) is 10.9. The first-order valence-corrected chi connectivity index (χ1v) is 11.6. The summed E-state index contributed by atoms with van der Waals surface area (Å²) in [5, 5.41) is 14.9. The van der Waals surface area contributed by atoms with Crippen LogP contribution in [0.2, 0.25) is 0 Å². The van der Waals surface area contributed by atoms with Crippen molar-refractivity contribution in [1.82, 2.24) is 5.32 Å². The molecule has 0 amide bonds. The fraction of sp³-hybridized carbons (Fsp3) is 0.207. The van der Waals surface area contributed by atoms with Crippen molar-refractivity contribution in [2.45, 2.75) is 25.0 Å². The van der Waals surface area contributed by atoms with E-state index in [9.17, 15) is 9.18 Å². The Kier molecular flexibility index (Phi) is 6.64. The molecule has 5 rings (SSSR count). The SMILES string of the molecule is O=C(O)COc1cc(F)cc(C2C[C@H](CNCc3cccc4ccccc34)Oc3ccccc32)c1. The standard InChI is InChI=1S/C29H26FNO4/c30-22-12-21(13-23(14-22)34-18-29(32)33)27-15-24(35-28-11-4-3-10-26(27)28)17-31-16-20-8-5-7-19-6-1-2-9-25(19)20/h1-14,24,27,31H,15-18H2,(H,32,33)/t24-,27?/m1/s1. The summed E-state index contributed by atoms with van der Waals surface area (Å²) in [7, 11) is 0. The van der Waals surface area contributed by atoms with Gasteiger partial charge in [-0.1, -0.05) is 60.7 Å². The van der Waals surface area contributed by atoms with Crippen molar-refractivity contribution in [3.63, 3.8) is 0 Å². The van der Waals surface area contributed by atoms with Crippen LogP contribution in [0.5, 0.6) is 11.5 Å².